The van der Waals surface area contributed by atoms with E-state index in [9.17, 15) is 13.6 Å². The highest BCUT2D eigenvalue weighted by Crippen LogP contribution is 2.25. The molecule has 80 valence electrons. The van der Waals surface area contributed by atoms with Gasteiger partial charge in [-0.05, 0) is 17.7 Å². The molecule has 0 N–H and O–H groups in total. The molecule has 0 aliphatic heterocycles. The first-order valence-corrected chi connectivity index (χ1v) is 4.23. The molecule has 1 rings (SSSR count). The van der Waals surface area contributed by atoms with E-state index in [1.165, 1.54) is 18.2 Å². The minimum absolute atomic E-state index is 0.0467. The number of esters is 1. The molecule has 4 heteroatoms. The molecule has 0 saturated carbocycles. The van der Waals surface area contributed by atoms with Crippen LogP contribution in [0.1, 0.15) is 11.7 Å². The summed E-state index contributed by atoms with van der Waals surface area (Å²) in [7, 11) is 1.13. The maximum atomic E-state index is 13.6. The fourth-order valence-corrected chi connectivity index (χ4v) is 1.10. The van der Waals surface area contributed by atoms with E-state index in [0.29, 0.717) is 0 Å². The number of hydrogen-bond acceptors (Lipinski definition) is 2. The lowest BCUT2D eigenvalue weighted by Gasteiger charge is -2.09. The first-order chi connectivity index (χ1) is 7.06. The van der Waals surface area contributed by atoms with Gasteiger partial charge in [-0.15, -0.1) is 0 Å². The van der Waals surface area contributed by atoms with Crippen LogP contribution in [0.25, 0.3) is 0 Å². The minimum atomic E-state index is -1.74. The van der Waals surface area contributed by atoms with Crippen molar-refractivity contribution in [3.8, 4) is 0 Å². The third-order valence-electron chi connectivity index (χ3n) is 1.89. The molecule has 1 aromatic carbocycles. The predicted molar refractivity (Wildman–Crippen MR) is 51.4 cm³/mol. The van der Waals surface area contributed by atoms with Gasteiger partial charge in [0.1, 0.15) is 5.82 Å². The quantitative estimate of drug-likeness (QED) is 0.568. The number of halogens is 2. The average molecular weight is 212 g/mol. The van der Waals surface area contributed by atoms with Crippen molar-refractivity contribution < 1.29 is 18.3 Å². The molecule has 15 heavy (non-hydrogen) atoms. The van der Waals surface area contributed by atoms with Crippen LogP contribution in [0.15, 0.2) is 36.4 Å². The fraction of sp³-hybridized carbons (Fsp3) is 0.182. The molecule has 0 aromatic heterocycles. The average Bonchev–Trinajstić information content (AvgIpc) is 2.26. The molecular formula is C11H10F2O2. The summed E-state index contributed by atoms with van der Waals surface area (Å²) in [6, 6.07) is 4.94. The summed E-state index contributed by atoms with van der Waals surface area (Å²) in [5.74, 6) is -1.40. The van der Waals surface area contributed by atoms with E-state index in [1.54, 1.807) is 0 Å². The number of benzene rings is 1. The monoisotopic (exact) mass is 212 g/mol. The van der Waals surface area contributed by atoms with Gasteiger partial charge in [0, 0.05) is 0 Å². The molecular weight excluding hydrogens is 202 g/mol. The van der Waals surface area contributed by atoms with Crippen molar-refractivity contribution in [2.24, 2.45) is 0 Å². The fourth-order valence-electron chi connectivity index (χ4n) is 1.10. The lowest BCUT2D eigenvalue weighted by Crippen LogP contribution is -2.09. The van der Waals surface area contributed by atoms with E-state index in [0.717, 1.165) is 13.2 Å². The standard InChI is InChI=1S/C11H10F2O2/c1-7(11(14)15-2)10(13)8-4-3-5-9(12)6-8/h3-6,10H,1H2,2H3. The molecule has 0 radical (unpaired) electrons. The summed E-state index contributed by atoms with van der Waals surface area (Å²) in [6.45, 7) is 3.26. The van der Waals surface area contributed by atoms with Gasteiger partial charge in [0.25, 0.3) is 0 Å². The molecule has 0 heterocycles. The van der Waals surface area contributed by atoms with Crippen molar-refractivity contribution in [1.82, 2.24) is 0 Å². The molecule has 1 atom stereocenters. The van der Waals surface area contributed by atoms with E-state index in [2.05, 4.69) is 11.3 Å². The van der Waals surface area contributed by atoms with Gasteiger partial charge in [0.2, 0.25) is 0 Å². The van der Waals surface area contributed by atoms with E-state index < -0.39 is 18.0 Å². The topological polar surface area (TPSA) is 26.3 Å². The molecule has 0 amide bonds. The van der Waals surface area contributed by atoms with Crippen molar-refractivity contribution in [2.75, 3.05) is 7.11 Å². The summed E-state index contributed by atoms with van der Waals surface area (Å²) in [5, 5.41) is 0. The highest BCUT2D eigenvalue weighted by atomic mass is 19.1. The Hall–Kier alpha value is -1.71. The summed E-state index contributed by atoms with van der Waals surface area (Å²) >= 11 is 0. The van der Waals surface area contributed by atoms with Crippen molar-refractivity contribution in [2.45, 2.75) is 6.17 Å². The normalized spacial score (nSPS) is 11.9. The predicted octanol–water partition coefficient (Wildman–Crippen LogP) is 2.57. The Morgan fingerprint density at radius 1 is 1.53 bits per heavy atom. The molecule has 1 aromatic rings. The van der Waals surface area contributed by atoms with Gasteiger partial charge in [-0.1, -0.05) is 18.7 Å². The third kappa shape index (κ3) is 2.62. The maximum Gasteiger partial charge on any atom is 0.336 e. The maximum absolute atomic E-state index is 13.6. The van der Waals surface area contributed by atoms with Crippen LogP contribution >= 0.6 is 0 Å². The van der Waals surface area contributed by atoms with E-state index in [4.69, 9.17) is 0 Å². The lowest BCUT2D eigenvalue weighted by atomic mass is 10.0. The summed E-state index contributed by atoms with van der Waals surface area (Å²) < 4.78 is 30.7. The van der Waals surface area contributed by atoms with Crippen LogP contribution in [-0.4, -0.2) is 13.1 Å². The first-order valence-electron chi connectivity index (χ1n) is 4.23. The summed E-state index contributed by atoms with van der Waals surface area (Å²) in [5.41, 5.74) is -0.298. The van der Waals surface area contributed by atoms with Gasteiger partial charge >= 0.3 is 5.97 Å². The van der Waals surface area contributed by atoms with Crippen molar-refractivity contribution >= 4 is 5.97 Å². The van der Waals surface area contributed by atoms with Gasteiger partial charge < -0.3 is 4.74 Å². The Labute approximate surface area is 86.2 Å². The molecule has 0 aliphatic carbocycles. The van der Waals surface area contributed by atoms with Gasteiger partial charge in [0.05, 0.1) is 12.7 Å². The van der Waals surface area contributed by atoms with E-state index in [-0.39, 0.29) is 11.1 Å². The number of hydrogen-bond donors (Lipinski definition) is 0. The Bertz CT molecular complexity index is 388. The lowest BCUT2D eigenvalue weighted by molar-refractivity contribution is -0.136. The smallest absolute Gasteiger partial charge is 0.336 e. The largest absolute Gasteiger partial charge is 0.466 e. The second-order valence-corrected chi connectivity index (χ2v) is 2.93. The first kappa shape index (κ1) is 11.4. The molecule has 0 saturated heterocycles. The van der Waals surface area contributed by atoms with Gasteiger partial charge in [0.15, 0.2) is 6.17 Å². The zero-order valence-corrected chi connectivity index (χ0v) is 8.17. The number of alkyl halides is 1. The highest BCUT2D eigenvalue weighted by Gasteiger charge is 2.20. The second kappa shape index (κ2) is 4.68. The van der Waals surface area contributed by atoms with E-state index in [1.807, 2.05) is 0 Å². The molecule has 0 spiro atoms. The summed E-state index contributed by atoms with van der Waals surface area (Å²) in [4.78, 5) is 11.0. The Morgan fingerprint density at radius 3 is 2.73 bits per heavy atom. The van der Waals surface area contributed by atoms with Crippen LogP contribution in [0.4, 0.5) is 8.78 Å². The number of ether oxygens (including phenoxy) is 1. The Morgan fingerprint density at radius 2 is 2.20 bits per heavy atom. The molecule has 0 aliphatic rings. The number of methoxy groups -OCH3 is 1. The SMILES string of the molecule is C=C(C(=O)OC)C(F)c1cccc(F)c1. The van der Waals surface area contributed by atoms with Crippen molar-refractivity contribution in [3.63, 3.8) is 0 Å². The van der Waals surface area contributed by atoms with Crippen LogP contribution < -0.4 is 0 Å². The Balaban J connectivity index is 2.89. The minimum Gasteiger partial charge on any atom is -0.466 e. The van der Waals surface area contributed by atoms with E-state index >= 15 is 0 Å². The molecule has 2 nitrogen and oxygen atoms in total. The van der Waals surface area contributed by atoms with Crippen LogP contribution in [0.2, 0.25) is 0 Å². The van der Waals surface area contributed by atoms with Crippen LogP contribution in [0, 0.1) is 5.82 Å². The number of rotatable bonds is 3. The van der Waals surface area contributed by atoms with Crippen molar-refractivity contribution in [3.05, 3.63) is 47.8 Å². The van der Waals surface area contributed by atoms with Crippen LogP contribution in [-0.2, 0) is 9.53 Å². The van der Waals surface area contributed by atoms with Crippen LogP contribution in [0.3, 0.4) is 0 Å². The number of carbonyl (C=O) groups is 1. The molecule has 0 fully saturated rings. The van der Waals surface area contributed by atoms with Gasteiger partial charge in [-0.2, -0.15) is 0 Å². The Kier molecular flexibility index (Phi) is 3.55. The zero-order valence-electron chi connectivity index (χ0n) is 8.17. The second-order valence-electron chi connectivity index (χ2n) is 2.93. The molecule has 1 unspecified atom stereocenters. The van der Waals surface area contributed by atoms with Crippen LogP contribution in [0.5, 0.6) is 0 Å². The zero-order chi connectivity index (χ0) is 11.4. The molecule has 0 bridgehead atoms. The summed E-state index contributed by atoms with van der Waals surface area (Å²) in [6.07, 6.45) is -1.74. The number of carbonyl (C=O) groups excluding carboxylic acids is 1. The van der Waals surface area contributed by atoms with Gasteiger partial charge in [-0.25, -0.2) is 13.6 Å². The van der Waals surface area contributed by atoms with Crippen molar-refractivity contribution in [1.29, 1.82) is 0 Å². The van der Waals surface area contributed by atoms with Gasteiger partial charge in [-0.3, -0.25) is 0 Å². The third-order valence-corrected chi connectivity index (χ3v) is 1.89. The highest BCUT2D eigenvalue weighted by molar-refractivity contribution is 5.88.